The summed E-state index contributed by atoms with van der Waals surface area (Å²) in [6.07, 6.45) is 1.70. The van der Waals surface area contributed by atoms with Crippen LogP contribution in [-0.2, 0) is 0 Å². The van der Waals surface area contributed by atoms with Gasteiger partial charge in [-0.15, -0.1) is 0 Å². The topological polar surface area (TPSA) is 125 Å². The van der Waals surface area contributed by atoms with Crippen molar-refractivity contribution in [1.29, 1.82) is 0 Å². The lowest BCUT2D eigenvalue weighted by molar-refractivity contribution is 0.0696. The number of nitrogens with zero attached hydrogens (tertiary/aromatic N) is 2. The molecule has 1 fully saturated rings. The molecule has 42 heavy (non-hydrogen) atoms. The molecule has 1 aliphatic heterocycles. The van der Waals surface area contributed by atoms with Gasteiger partial charge < -0.3 is 29.6 Å². The Hall–Kier alpha value is -5.48. The van der Waals surface area contributed by atoms with Crippen LogP contribution in [0, 0.1) is 0 Å². The van der Waals surface area contributed by atoms with Gasteiger partial charge in [0.15, 0.2) is 5.11 Å². The molecule has 0 saturated carbocycles. The first-order valence-corrected chi connectivity index (χ1v) is 13.3. The van der Waals surface area contributed by atoms with Crippen LogP contribution in [0.25, 0.3) is 11.3 Å². The van der Waals surface area contributed by atoms with Crippen LogP contribution in [0.15, 0.2) is 114 Å². The third-order valence-electron chi connectivity index (χ3n) is 6.82. The lowest BCUT2D eigenvalue weighted by Crippen LogP contribution is -2.29. The van der Waals surface area contributed by atoms with Crippen LogP contribution in [0.3, 0.4) is 0 Å². The Balaban J connectivity index is 1.38. The number of carboxylic acids is 2. The fraction of sp³-hybridized carbons (Fsp3) is 0.0625. The normalized spacial score (nSPS) is 16.2. The second-order valence-electron chi connectivity index (χ2n) is 9.52. The molecule has 0 amide bonds. The van der Waals surface area contributed by atoms with Crippen molar-refractivity contribution < 1.29 is 29.0 Å². The van der Waals surface area contributed by atoms with E-state index in [0.29, 0.717) is 27.9 Å². The van der Waals surface area contributed by atoms with Crippen molar-refractivity contribution in [1.82, 2.24) is 10.3 Å². The largest absolute Gasteiger partial charge is 0.478 e. The minimum Gasteiger partial charge on any atom is -0.478 e. The first-order valence-electron chi connectivity index (χ1n) is 12.9. The third-order valence-corrected chi connectivity index (χ3v) is 7.14. The van der Waals surface area contributed by atoms with Crippen molar-refractivity contribution in [2.45, 2.75) is 12.1 Å². The smallest absolute Gasteiger partial charge is 0.335 e. The SMILES string of the molecule is O=C(O)c1cc(C(=O)O)cc(-c2ccc(C3C(c4ccccn4)NC(=S)N3c3ccc(Oc4ccccc4)cc3)o2)c1. The van der Waals surface area contributed by atoms with Crippen LogP contribution in [0.4, 0.5) is 5.69 Å². The van der Waals surface area contributed by atoms with E-state index in [2.05, 4.69) is 10.3 Å². The molecule has 3 heterocycles. The highest BCUT2D eigenvalue weighted by Gasteiger charge is 2.42. The van der Waals surface area contributed by atoms with Gasteiger partial charge in [0.05, 0.1) is 22.9 Å². The zero-order valence-corrected chi connectivity index (χ0v) is 22.7. The van der Waals surface area contributed by atoms with Crippen molar-refractivity contribution >= 4 is 35.0 Å². The van der Waals surface area contributed by atoms with E-state index in [1.807, 2.05) is 77.7 Å². The highest BCUT2D eigenvalue weighted by atomic mass is 32.1. The predicted molar refractivity (Wildman–Crippen MR) is 159 cm³/mol. The summed E-state index contributed by atoms with van der Waals surface area (Å²) in [5.74, 6) is -0.253. The van der Waals surface area contributed by atoms with Crippen molar-refractivity contribution in [3.05, 3.63) is 132 Å². The summed E-state index contributed by atoms with van der Waals surface area (Å²) in [6, 6.07) is 29.1. The predicted octanol–water partition coefficient (Wildman–Crippen LogP) is 6.71. The van der Waals surface area contributed by atoms with Gasteiger partial charge in [0.1, 0.15) is 29.1 Å². The molecule has 0 bridgehead atoms. The summed E-state index contributed by atoms with van der Waals surface area (Å²) in [5.41, 5.74) is 1.55. The van der Waals surface area contributed by atoms with E-state index in [1.165, 1.54) is 12.1 Å². The van der Waals surface area contributed by atoms with Gasteiger partial charge in [0, 0.05) is 17.4 Å². The molecule has 2 aromatic heterocycles. The monoisotopic (exact) mass is 577 g/mol. The molecule has 3 aromatic carbocycles. The molecule has 5 aromatic rings. The van der Waals surface area contributed by atoms with Crippen LogP contribution < -0.4 is 15.0 Å². The standard InChI is InChI=1S/C32H23N3O6S/c36-30(37)20-16-19(17-21(18-20)31(38)39)26-13-14-27(41-26)29-28(25-8-4-5-15-33-25)34-32(42)35(29)22-9-11-24(12-10-22)40-23-6-2-1-3-7-23/h1-18,28-29H,(H,34,42)(H,36,37)(H,38,39). The quantitative estimate of drug-likeness (QED) is 0.171. The average Bonchev–Trinajstić information content (AvgIpc) is 3.63. The molecule has 2 unspecified atom stereocenters. The second kappa shape index (κ2) is 11.2. The molecule has 9 nitrogen and oxygen atoms in total. The van der Waals surface area contributed by atoms with E-state index in [0.717, 1.165) is 23.2 Å². The van der Waals surface area contributed by atoms with Gasteiger partial charge in [0.2, 0.25) is 0 Å². The van der Waals surface area contributed by atoms with Crippen LogP contribution >= 0.6 is 12.2 Å². The fourth-order valence-electron chi connectivity index (χ4n) is 4.91. The van der Waals surface area contributed by atoms with E-state index in [1.54, 1.807) is 18.3 Å². The van der Waals surface area contributed by atoms with Crippen molar-refractivity contribution in [3.63, 3.8) is 0 Å². The molecular formula is C32H23N3O6S. The maximum absolute atomic E-state index is 11.7. The number of nitrogens with one attached hydrogen (secondary N) is 1. The number of rotatable bonds is 8. The number of anilines is 1. The molecule has 1 saturated heterocycles. The van der Waals surface area contributed by atoms with Gasteiger partial charge in [-0.25, -0.2) is 9.59 Å². The van der Waals surface area contributed by atoms with Crippen LogP contribution in [0.2, 0.25) is 0 Å². The molecule has 1 aliphatic rings. The van der Waals surface area contributed by atoms with Crippen LogP contribution in [0.5, 0.6) is 11.5 Å². The van der Waals surface area contributed by atoms with E-state index >= 15 is 0 Å². The lowest BCUT2D eigenvalue weighted by Gasteiger charge is -2.26. The number of ether oxygens (including phenoxy) is 1. The molecular weight excluding hydrogens is 554 g/mol. The van der Waals surface area contributed by atoms with Crippen molar-refractivity contribution in [2.75, 3.05) is 4.90 Å². The minimum absolute atomic E-state index is 0.155. The summed E-state index contributed by atoms with van der Waals surface area (Å²) in [5, 5.41) is 22.9. The van der Waals surface area contributed by atoms with Gasteiger partial charge in [-0.3, -0.25) is 4.98 Å². The Morgan fingerprint density at radius 2 is 1.50 bits per heavy atom. The number of thiocarbonyl (C=S) groups is 1. The van der Waals surface area contributed by atoms with Crippen LogP contribution in [-0.4, -0.2) is 32.2 Å². The summed E-state index contributed by atoms with van der Waals surface area (Å²) >= 11 is 5.79. The first kappa shape index (κ1) is 26.7. The number of hydrogen-bond acceptors (Lipinski definition) is 6. The first-order chi connectivity index (χ1) is 20.4. The summed E-state index contributed by atoms with van der Waals surface area (Å²) in [6.45, 7) is 0. The number of aromatic carboxylic acids is 2. The number of pyridine rings is 1. The summed E-state index contributed by atoms with van der Waals surface area (Å²) in [7, 11) is 0. The maximum Gasteiger partial charge on any atom is 0.335 e. The highest BCUT2D eigenvalue weighted by Crippen LogP contribution is 2.43. The average molecular weight is 578 g/mol. The van der Waals surface area contributed by atoms with Gasteiger partial charge in [-0.1, -0.05) is 24.3 Å². The summed E-state index contributed by atoms with van der Waals surface area (Å²) < 4.78 is 12.2. The maximum atomic E-state index is 11.7. The number of aromatic nitrogens is 1. The molecule has 10 heteroatoms. The number of hydrogen-bond donors (Lipinski definition) is 3. The number of para-hydroxylation sites is 1. The Bertz CT molecular complexity index is 1740. The molecule has 2 atom stereocenters. The Labute approximate surface area is 245 Å². The molecule has 6 rings (SSSR count). The van der Waals surface area contributed by atoms with E-state index in [9.17, 15) is 19.8 Å². The van der Waals surface area contributed by atoms with Gasteiger partial charge >= 0.3 is 11.9 Å². The van der Waals surface area contributed by atoms with E-state index < -0.39 is 18.0 Å². The molecule has 0 radical (unpaired) electrons. The molecule has 0 spiro atoms. The van der Waals surface area contributed by atoms with E-state index in [-0.39, 0.29) is 17.2 Å². The lowest BCUT2D eigenvalue weighted by atomic mass is 10.0. The van der Waals surface area contributed by atoms with Crippen molar-refractivity contribution in [2.24, 2.45) is 0 Å². The fourth-order valence-corrected chi connectivity index (χ4v) is 5.25. The minimum atomic E-state index is -1.24. The van der Waals surface area contributed by atoms with Gasteiger partial charge in [-0.2, -0.15) is 0 Å². The Morgan fingerprint density at radius 1 is 0.833 bits per heavy atom. The second-order valence-corrected chi connectivity index (χ2v) is 9.90. The van der Waals surface area contributed by atoms with E-state index in [4.69, 9.17) is 21.4 Å². The third kappa shape index (κ3) is 5.30. The Morgan fingerprint density at radius 3 is 2.14 bits per heavy atom. The zero-order chi connectivity index (χ0) is 29.2. The molecule has 208 valence electrons. The molecule has 0 aliphatic carbocycles. The number of furan rings is 1. The molecule has 3 N–H and O–H groups in total. The summed E-state index contributed by atoms with van der Waals surface area (Å²) in [4.78, 5) is 29.8. The number of carbonyl (C=O) groups is 2. The van der Waals surface area contributed by atoms with Crippen molar-refractivity contribution in [3.8, 4) is 22.8 Å². The number of carboxylic acid groups (broad SMARTS) is 2. The van der Waals surface area contributed by atoms with Gasteiger partial charge in [-0.05, 0) is 91.1 Å². The number of benzene rings is 3. The Kier molecular flexibility index (Phi) is 7.12. The van der Waals surface area contributed by atoms with Gasteiger partial charge in [0.25, 0.3) is 0 Å². The van der Waals surface area contributed by atoms with Crippen LogP contribution in [0.1, 0.15) is 44.3 Å². The highest BCUT2D eigenvalue weighted by molar-refractivity contribution is 7.80. The zero-order valence-electron chi connectivity index (χ0n) is 21.9.